The van der Waals surface area contributed by atoms with Crippen molar-refractivity contribution in [2.45, 2.75) is 44.9 Å². The molecule has 0 saturated heterocycles. The molecule has 0 radical (unpaired) electrons. The first-order valence-electron chi connectivity index (χ1n) is 10.3. The Bertz CT molecular complexity index is 867. The molecule has 6 N–H and O–H groups in total. The van der Waals surface area contributed by atoms with Gasteiger partial charge in [0.2, 0.25) is 11.8 Å². The highest BCUT2D eigenvalue weighted by molar-refractivity contribution is 6.03. The second kappa shape index (κ2) is 12.1. The summed E-state index contributed by atoms with van der Waals surface area (Å²) in [7, 11) is 0. The second-order valence-electron chi connectivity index (χ2n) is 7.18. The SMILES string of the molecule is NC(=O)c1ccccc1NC(=O)CCCCCCCC(=O)Nc1ccccc1C(N)=O. The molecule has 4 amide bonds. The zero-order chi connectivity index (χ0) is 22.6. The van der Waals surface area contributed by atoms with Crippen molar-refractivity contribution in [1.82, 2.24) is 0 Å². The predicted molar refractivity (Wildman–Crippen MR) is 119 cm³/mol. The van der Waals surface area contributed by atoms with Gasteiger partial charge in [-0.2, -0.15) is 0 Å². The topological polar surface area (TPSA) is 144 Å². The molecule has 0 heterocycles. The van der Waals surface area contributed by atoms with Crippen LogP contribution in [0.4, 0.5) is 11.4 Å². The first-order chi connectivity index (χ1) is 14.9. The predicted octanol–water partition coefficient (Wildman–Crippen LogP) is 3.19. The number of primary amides is 2. The minimum atomic E-state index is -0.585. The third kappa shape index (κ3) is 7.93. The third-order valence-electron chi connectivity index (χ3n) is 4.74. The lowest BCUT2D eigenvalue weighted by Gasteiger charge is -2.09. The van der Waals surface area contributed by atoms with E-state index in [1.165, 1.54) is 0 Å². The van der Waals surface area contributed by atoms with Crippen molar-refractivity contribution in [1.29, 1.82) is 0 Å². The lowest BCUT2D eigenvalue weighted by atomic mass is 10.1. The minimum absolute atomic E-state index is 0.166. The molecule has 2 aromatic rings. The van der Waals surface area contributed by atoms with Gasteiger partial charge in [-0.15, -0.1) is 0 Å². The molecular weight excluding hydrogens is 396 g/mol. The maximum absolute atomic E-state index is 12.1. The lowest BCUT2D eigenvalue weighted by Crippen LogP contribution is -2.18. The van der Waals surface area contributed by atoms with Gasteiger partial charge in [0.1, 0.15) is 0 Å². The van der Waals surface area contributed by atoms with Gasteiger partial charge in [-0.05, 0) is 37.1 Å². The van der Waals surface area contributed by atoms with Gasteiger partial charge in [0.15, 0.2) is 0 Å². The van der Waals surface area contributed by atoms with Crippen molar-refractivity contribution in [3.8, 4) is 0 Å². The van der Waals surface area contributed by atoms with Gasteiger partial charge in [-0.1, -0.05) is 43.5 Å². The molecule has 0 fully saturated rings. The van der Waals surface area contributed by atoms with Crippen LogP contribution >= 0.6 is 0 Å². The summed E-state index contributed by atoms with van der Waals surface area (Å²) in [6, 6.07) is 13.3. The Hall–Kier alpha value is -3.68. The molecule has 8 heteroatoms. The molecule has 0 atom stereocenters. The van der Waals surface area contributed by atoms with Crippen molar-refractivity contribution >= 4 is 35.0 Å². The lowest BCUT2D eigenvalue weighted by molar-refractivity contribution is -0.117. The smallest absolute Gasteiger partial charge is 0.250 e. The van der Waals surface area contributed by atoms with E-state index in [0.717, 1.165) is 19.3 Å². The van der Waals surface area contributed by atoms with Crippen LogP contribution in [-0.4, -0.2) is 23.6 Å². The number of carbonyl (C=O) groups is 4. The highest BCUT2D eigenvalue weighted by Crippen LogP contribution is 2.17. The number of hydrogen-bond acceptors (Lipinski definition) is 4. The van der Waals surface area contributed by atoms with E-state index in [9.17, 15) is 19.2 Å². The van der Waals surface area contributed by atoms with E-state index < -0.39 is 11.8 Å². The maximum atomic E-state index is 12.1. The van der Waals surface area contributed by atoms with E-state index in [4.69, 9.17) is 11.5 Å². The second-order valence-corrected chi connectivity index (χ2v) is 7.18. The monoisotopic (exact) mass is 424 g/mol. The van der Waals surface area contributed by atoms with E-state index in [-0.39, 0.29) is 22.9 Å². The standard InChI is InChI=1S/C23H28N4O4/c24-22(30)16-10-6-8-12-18(16)26-20(28)14-4-2-1-3-5-15-21(29)27-19-13-9-7-11-17(19)23(25)31/h6-13H,1-5,14-15H2,(H2,24,30)(H2,25,31)(H,26,28)(H,27,29). The van der Waals surface area contributed by atoms with Gasteiger partial charge in [-0.25, -0.2) is 0 Å². The summed E-state index contributed by atoms with van der Waals surface area (Å²) in [5.74, 6) is -1.50. The first kappa shape index (κ1) is 23.6. The molecule has 0 spiro atoms. The molecule has 0 aliphatic heterocycles. The average molecular weight is 425 g/mol. The summed E-state index contributed by atoms with van der Waals surface area (Å²) >= 11 is 0. The molecule has 8 nitrogen and oxygen atoms in total. The Balaban J connectivity index is 1.61. The molecule has 0 saturated carbocycles. The Labute approximate surface area is 181 Å². The highest BCUT2D eigenvalue weighted by Gasteiger charge is 2.11. The summed E-state index contributed by atoms with van der Waals surface area (Å²) in [5.41, 5.74) is 12.0. The van der Waals surface area contributed by atoms with Crippen LogP contribution in [0.15, 0.2) is 48.5 Å². The van der Waals surface area contributed by atoms with Gasteiger partial charge in [0, 0.05) is 12.8 Å². The zero-order valence-corrected chi connectivity index (χ0v) is 17.4. The van der Waals surface area contributed by atoms with E-state index >= 15 is 0 Å². The van der Waals surface area contributed by atoms with Crippen LogP contribution in [0.5, 0.6) is 0 Å². The van der Waals surface area contributed by atoms with Gasteiger partial charge in [0.25, 0.3) is 11.8 Å². The van der Waals surface area contributed by atoms with Crippen LogP contribution < -0.4 is 22.1 Å². The van der Waals surface area contributed by atoms with Crippen LogP contribution in [0, 0.1) is 0 Å². The van der Waals surface area contributed by atoms with Crippen LogP contribution in [-0.2, 0) is 9.59 Å². The van der Waals surface area contributed by atoms with E-state index in [0.29, 0.717) is 37.1 Å². The number of unbranched alkanes of at least 4 members (excludes halogenated alkanes) is 4. The molecule has 0 aliphatic carbocycles. The molecule has 31 heavy (non-hydrogen) atoms. The number of rotatable bonds is 12. The Morgan fingerprint density at radius 2 is 0.935 bits per heavy atom. The average Bonchev–Trinajstić information content (AvgIpc) is 2.73. The minimum Gasteiger partial charge on any atom is -0.366 e. The van der Waals surface area contributed by atoms with Gasteiger partial charge in [-0.3, -0.25) is 19.2 Å². The van der Waals surface area contributed by atoms with Crippen molar-refractivity contribution in [2.75, 3.05) is 10.6 Å². The molecule has 0 aliphatic rings. The number of nitrogens with one attached hydrogen (secondary N) is 2. The summed E-state index contributed by atoms with van der Waals surface area (Å²) < 4.78 is 0. The third-order valence-corrected chi connectivity index (χ3v) is 4.74. The molecule has 164 valence electrons. The molecule has 0 aromatic heterocycles. The van der Waals surface area contributed by atoms with Crippen molar-refractivity contribution < 1.29 is 19.2 Å². The van der Waals surface area contributed by atoms with E-state index in [1.54, 1.807) is 48.5 Å². The molecule has 0 unspecified atom stereocenters. The van der Waals surface area contributed by atoms with Crippen LogP contribution in [0.1, 0.15) is 65.7 Å². The van der Waals surface area contributed by atoms with Gasteiger partial charge < -0.3 is 22.1 Å². The van der Waals surface area contributed by atoms with Crippen molar-refractivity contribution in [2.24, 2.45) is 11.5 Å². The van der Waals surface area contributed by atoms with Crippen LogP contribution in [0.2, 0.25) is 0 Å². The number of benzene rings is 2. The Morgan fingerprint density at radius 3 is 1.32 bits per heavy atom. The fraction of sp³-hybridized carbons (Fsp3) is 0.304. The van der Waals surface area contributed by atoms with Crippen molar-refractivity contribution in [3.63, 3.8) is 0 Å². The largest absolute Gasteiger partial charge is 0.366 e. The number of amides is 4. The molecule has 2 aromatic carbocycles. The van der Waals surface area contributed by atoms with E-state index in [2.05, 4.69) is 10.6 Å². The Kier molecular flexibility index (Phi) is 9.22. The first-order valence-corrected chi connectivity index (χ1v) is 10.3. The highest BCUT2D eigenvalue weighted by atomic mass is 16.2. The summed E-state index contributed by atoms with van der Waals surface area (Å²) in [6.45, 7) is 0. The summed E-state index contributed by atoms with van der Waals surface area (Å²) in [6.07, 6.45) is 4.73. The number of carbonyl (C=O) groups excluding carboxylic acids is 4. The quantitative estimate of drug-likeness (QED) is 0.388. The van der Waals surface area contributed by atoms with Gasteiger partial charge >= 0.3 is 0 Å². The number of para-hydroxylation sites is 2. The van der Waals surface area contributed by atoms with E-state index in [1.807, 2.05) is 0 Å². The fourth-order valence-electron chi connectivity index (χ4n) is 3.14. The summed E-state index contributed by atoms with van der Waals surface area (Å²) in [5, 5.41) is 5.44. The number of hydrogen-bond donors (Lipinski definition) is 4. The summed E-state index contributed by atoms with van der Waals surface area (Å²) in [4.78, 5) is 46.9. The molecule has 0 bridgehead atoms. The molecule has 2 rings (SSSR count). The maximum Gasteiger partial charge on any atom is 0.250 e. The Morgan fingerprint density at radius 1 is 0.581 bits per heavy atom. The van der Waals surface area contributed by atoms with Crippen LogP contribution in [0.3, 0.4) is 0 Å². The van der Waals surface area contributed by atoms with Crippen molar-refractivity contribution in [3.05, 3.63) is 59.7 Å². The van der Waals surface area contributed by atoms with Gasteiger partial charge in [0.05, 0.1) is 22.5 Å². The fourth-order valence-corrected chi connectivity index (χ4v) is 3.14. The number of nitrogens with two attached hydrogens (primary N) is 2. The number of anilines is 2. The van der Waals surface area contributed by atoms with Crippen LogP contribution in [0.25, 0.3) is 0 Å². The normalized spacial score (nSPS) is 10.3. The zero-order valence-electron chi connectivity index (χ0n) is 17.4. The molecular formula is C23H28N4O4.